The second-order valence-electron chi connectivity index (χ2n) is 5.47. The molecule has 1 unspecified atom stereocenters. The largest absolute Gasteiger partial charge is 0.390 e. The van der Waals surface area contributed by atoms with E-state index in [1.54, 1.807) is 6.92 Å². The van der Waals surface area contributed by atoms with Crippen molar-refractivity contribution in [3.8, 4) is 0 Å². The minimum absolute atomic E-state index is 0. The minimum atomic E-state index is -4.26. The summed E-state index contributed by atoms with van der Waals surface area (Å²) >= 11 is 0. The van der Waals surface area contributed by atoms with E-state index in [9.17, 15) is 26.4 Å². The van der Waals surface area contributed by atoms with Crippen LogP contribution in [-0.4, -0.2) is 63.6 Å². The van der Waals surface area contributed by atoms with E-state index in [-0.39, 0.29) is 66.4 Å². The van der Waals surface area contributed by atoms with E-state index >= 15 is 0 Å². The summed E-state index contributed by atoms with van der Waals surface area (Å²) in [6.45, 7) is 2.03. The zero-order chi connectivity index (χ0) is 18.2. The summed E-state index contributed by atoms with van der Waals surface area (Å²) in [4.78, 5) is 15.5. The van der Waals surface area contributed by atoms with Crippen LogP contribution in [0.2, 0.25) is 0 Å². The van der Waals surface area contributed by atoms with Crippen LogP contribution in [0.3, 0.4) is 0 Å². The number of hydrogen-bond acceptors (Lipinski definition) is 4. The minimum Gasteiger partial charge on any atom is -0.357 e. The molecule has 1 amide bonds. The molecule has 3 N–H and O–H groups in total. The lowest BCUT2D eigenvalue weighted by Gasteiger charge is -2.13. The highest BCUT2D eigenvalue weighted by Crippen LogP contribution is 2.18. The van der Waals surface area contributed by atoms with Crippen LogP contribution >= 0.6 is 24.0 Å². The third kappa shape index (κ3) is 11.4. The first-order valence-electron chi connectivity index (χ1n) is 7.70. The normalized spacial score (nSPS) is 19.8. The van der Waals surface area contributed by atoms with Crippen molar-refractivity contribution in [2.75, 3.05) is 31.1 Å². The molecule has 1 aliphatic heterocycles. The van der Waals surface area contributed by atoms with Crippen molar-refractivity contribution in [3.63, 3.8) is 0 Å². The number of alkyl halides is 3. The van der Waals surface area contributed by atoms with Gasteiger partial charge in [-0.05, 0) is 13.3 Å². The van der Waals surface area contributed by atoms with Gasteiger partial charge in [-0.2, -0.15) is 13.2 Å². The number of carbonyl (C=O) groups is 1. The van der Waals surface area contributed by atoms with Crippen LogP contribution in [0.5, 0.6) is 0 Å². The molecular weight excluding hydrogens is 476 g/mol. The van der Waals surface area contributed by atoms with Gasteiger partial charge in [-0.15, -0.1) is 24.0 Å². The standard InChI is InChI=1S/C13H23F3N4O3S.HI/c1-2-17-12(19-7-5-13(14,15)16)18-6-3-11(21)20-10-4-8-24(22,23)9-10;/h10H,2-9H2,1H3,(H,20,21)(H2,17,18,19);1H. The number of nitrogens with one attached hydrogen (secondary N) is 3. The van der Waals surface area contributed by atoms with Crippen molar-refractivity contribution in [3.05, 3.63) is 0 Å². The van der Waals surface area contributed by atoms with E-state index in [1.807, 2.05) is 0 Å². The second kappa shape index (κ2) is 11.0. The predicted octanol–water partition coefficient (Wildman–Crippen LogP) is 0.805. The summed E-state index contributed by atoms with van der Waals surface area (Å²) in [6.07, 6.45) is -4.80. The van der Waals surface area contributed by atoms with Gasteiger partial charge in [-0.3, -0.25) is 9.79 Å². The quantitative estimate of drug-likeness (QED) is 0.273. The first-order chi connectivity index (χ1) is 11.1. The smallest absolute Gasteiger partial charge is 0.357 e. The molecule has 1 heterocycles. The molecule has 1 atom stereocenters. The van der Waals surface area contributed by atoms with Crippen LogP contribution in [0.1, 0.15) is 26.2 Å². The molecule has 0 bridgehead atoms. The molecule has 0 aliphatic carbocycles. The van der Waals surface area contributed by atoms with Crippen LogP contribution in [0, 0.1) is 0 Å². The Morgan fingerprint density at radius 3 is 2.48 bits per heavy atom. The van der Waals surface area contributed by atoms with Gasteiger partial charge in [0, 0.05) is 25.6 Å². The molecule has 25 heavy (non-hydrogen) atoms. The van der Waals surface area contributed by atoms with E-state index in [4.69, 9.17) is 0 Å². The van der Waals surface area contributed by atoms with Gasteiger partial charge in [0.15, 0.2) is 15.8 Å². The lowest BCUT2D eigenvalue weighted by molar-refractivity contribution is -0.132. The molecule has 0 aromatic rings. The van der Waals surface area contributed by atoms with Crippen molar-refractivity contribution < 1.29 is 26.4 Å². The van der Waals surface area contributed by atoms with Crippen molar-refractivity contribution in [2.45, 2.75) is 38.4 Å². The van der Waals surface area contributed by atoms with Crippen LogP contribution in [0.4, 0.5) is 13.2 Å². The number of nitrogens with zero attached hydrogens (tertiary/aromatic N) is 1. The van der Waals surface area contributed by atoms with Crippen molar-refractivity contribution >= 4 is 45.7 Å². The van der Waals surface area contributed by atoms with E-state index in [2.05, 4.69) is 20.9 Å². The van der Waals surface area contributed by atoms with Crippen LogP contribution in [0.25, 0.3) is 0 Å². The second-order valence-corrected chi connectivity index (χ2v) is 7.70. The molecule has 1 fully saturated rings. The van der Waals surface area contributed by atoms with E-state index < -0.39 is 29.0 Å². The van der Waals surface area contributed by atoms with Crippen LogP contribution in [0.15, 0.2) is 4.99 Å². The maximum absolute atomic E-state index is 12.1. The van der Waals surface area contributed by atoms with Gasteiger partial charge >= 0.3 is 6.18 Å². The Labute approximate surface area is 162 Å². The summed E-state index contributed by atoms with van der Waals surface area (Å²) in [5.74, 6) is -0.0749. The molecule has 0 aromatic heterocycles. The molecule has 0 radical (unpaired) electrons. The van der Waals surface area contributed by atoms with E-state index in [0.29, 0.717) is 13.0 Å². The first-order valence-corrected chi connectivity index (χ1v) is 9.52. The molecule has 0 spiro atoms. The summed E-state index contributed by atoms with van der Waals surface area (Å²) in [5, 5.41) is 8.19. The van der Waals surface area contributed by atoms with Gasteiger partial charge in [0.2, 0.25) is 5.91 Å². The SMILES string of the molecule is CCNC(=NCCC(F)(F)F)NCCC(=O)NC1CCS(=O)(=O)C1.I. The fourth-order valence-corrected chi connectivity index (χ4v) is 3.81. The highest BCUT2D eigenvalue weighted by molar-refractivity contribution is 14.0. The average molecular weight is 500 g/mol. The summed E-state index contributed by atoms with van der Waals surface area (Å²) in [5.41, 5.74) is 0. The number of halogens is 4. The van der Waals surface area contributed by atoms with Crippen molar-refractivity contribution in [1.82, 2.24) is 16.0 Å². The highest BCUT2D eigenvalue weighted by Gasteiger charge is 2.28. The number of sulfone groups is 1. The van der Waals surface area contributed by atoms with Gasteiger partial charge in [-0.1, -0.05) is 0 Å². The zero-order valence-electron chi connectivity index (χ0n) is 13.9. The third-order valence-electron chi connectivity index (χ3n) is 3.25. The number of hydrogen-bond donors (Lipinski definition) is 3. The number of carbonyl (C=O) groups excluding carboxylic acids is 1. The number of amides is 1. The molecule has 7 nitrogen and oxygen atoms in total. The zero-order valence-corrected chi connectivity index (χ0v) is 17.0. The fourth-order valence-electron chi connectivity index (χ4n) is 2.14. The summed E-state index contributed by atoms with van der Waals surface area (Å²) in [6, 6.07) is -0.365. The maximum Gasteiger partial charge on any atom is 0.390 e. The lowest BCUT2D eigenvalue weighted by atomic mass is 10.2. The Morgan fingerprint density at radius 2 is 1.96 bits per heavy atom. The van der Waals surface area contributed by atoms with Gasteiger partial charge < -0.3 is 16.0 Å². The van der Waals surface area contributed by atoms with Crippen LogP contribution < -0.4 is 16.0 Å². The molecular formula is C13H24F3IN4O3S. The van der Waals surface area contributed by atoms with Gasteiger partial charge in [0.05, 0.1) is 24.5 Å². The van der Waals surface area contributed by atoms with Crippen LogP contribution in [-0.2, 0) is 14.6 Å². The van der Waals surface area contributed by atoms with Crippen molar-refractivity contribution in [1.29, 1.82) is 0 Å². The van der Waals surface area contributed by atoms with E-state index in [0.717, 1.165) is 0 Å². The molecule has 0 aromatic carbocycles. The Morgan fingerprint density at radius 1 is 1.28 bits per heavy atom. The fraction of sp³-hybridized carbons (Fsp3) is 0.846. The van der Waals surface area contributed by atoms with Gasteiger partial charge in [0.1, 0.15) is 0 Å². The predicted molar refractivity (Wildman–Crippen MR) is 99.9 cm³/mol. The highest BCUT2D eigenvalue weighted by atomic mass is 127. The number of rotatable bonds is 7. The van der Waals surface area contributed by atoms with E-state index in [1.165, 1.54) is 0 Å². The maximum atomic E-state index is 12.1. The monoisotopic (exact) mass is 500 g/mol. The van der Waals surface area contributed by atoms with Gasteiger partial charge in [0.25, 0.3) is 0 Å². The summed E-state index contributed by atoms with van der Waals surface area (Å²) < 4.78 is 58.9. The Bertz CT molecular complexity index is 555. The average Bonchev–Trinajstić information content (AvgIpc) is 2.76. The van der Waals surface area contributed by atoms with Crippen molar-refractivity contribution in [2.24, 2.45) is 4.99 Å². The Hall–Kier alpha value is -0.790. The molecule has 0 saturated carbocycles. The molecule has 1 rings (SSSR count). The summed E-state index contributed by atoms with van der Waals surface area (Å²) in [7, 11) is -3.06. The number of guanidine groups is 1. The Kier molecular flexibility index (Phi) is 10.7. The topological polar surface area (TPSA) is 99.7 Å². The molecule has 1 aliphatic rings. The van der Waals surface area contributed by atoms with Gasteiger partial charge in [-0.25, -0.2) is 8.42 Å². The molecule has 1 saturated heterocycles. The first kappa shape index (κ1) is 24.2. The third-order valence-corrected chi connectivity index (χ3v) is 5.02. The Balaban J connectivity index is 0.00000576. The molecule has 148 valence electrons. The molecule has 12 heteroatoms. The number of aliphatic imine (C=N–C) groups is 1. The lowest BCUT2D eigenvalue weighted by Crippen LogP contribution is -2.41.